The maximum Gasteiger partial charge on any atom is 0.0116 e. The van der Waals surface area contributed by atoms with Gasteiger partial charge in [0.15, 0.2) is 0 Å². The van der Waals surface area contributed by atoms with E-state index in [1.54, 1.807) is 0 Å². The van der Waals surface area contributed by atoms with Crippen molar-refractivity contribution in [2.45, 2.75) is 25.3 Å². The summed E-state index contributed by atoms with van der Waals surface area (Å²) in [5.74, 6) is 0.287. The Morgan fingerprint density at radius 2 is 2.14 bits per heavy atom. The number of hydrogen-bond donors (Lipinski definition) is 1. The Morgan fingerprint density at radius 3 is 2.71 bits per heavy atom. The summed E-state index contributed by atoms with van der Waals surface area (Å²) >= 11 is -1.88. The molecule has 5 heteroatoms. The van der Waals surface area contributed by atoms with E-state index in [4.69, 9.17) is 0 Å². The van der Waals surface area contributed by atoms with Gasteiger partial charge in [0, 0.05) is 11.8 Å². The van der Waals surface area contributed by atoms with E-state index < -0.39 is 11.1 Å². The highest BCUT2D eigenvalue weighted by atomic mass is 32.2. The van der Waals surface area contributed by atoms with E-state index in [2.05, 4.69) is 17.3 Å². The minimum Gasteiger partial charge on any atom is -0.772 e. The summed E-state index contributed by atoms with van der Waals surface area (Å²) < 4.78 is 20.7. The molecule has 0 aromatic heterocycles. The molecule has 0 spiro atoms. The molecule has 84 valence electrons. The molecule has 4 nitrogen and oxygen atoms in total. The molecule has 1 heterocycles. The van der Waals surface area contributed by atoms with Gasteiger partial charge in [0.2, 0.25) is 0 Å². The zero-order valence-electron chi connectivity index (χ0n) is 8.70. The maximum absolute atomic E-state index is 10.3. The highest BCUT2D eigenvalue weighted by molar-refractivity contribution is 7.79. The van der Waals surface area contributed by atoms with E-state index in [1.807, 2.05) is 0 Å². The second kappa shape index (κ2) is 6.50. The van der Waals surface area contributed by atoms with Crippen LogP contribution < -0.4 is 5.32 Å². The second-order valence-electron chi connectivity index (χ2n) is 3.82. The molecule has 1 saturated heterocycles. The van der Waals surface area contributed by atoms with Gasteiger partial charge < -0.3 is 14.8 Å². The van der Waals surface area contributed by atoms with Crippen LogP contribution in [0.1, 0.15) is 19.3 Å². The summed E-state index contributed by atoms with van der Waals surface area (Å²) in [6.45, 7) is 3.06. The molecule has 0 radical (unpaired) electrons. The van der Waals surface area contributed by atoms with Crippen molar-refractivity contribution in [2.24, 2.45) is 0 Å². The van der Waals surface area contributed by atoms with Crippen LogP contribution >= 0.6 is 0 Å². The van der Waals surface area contributed by atoms with Gasteiger partial charge in [-0.05, 0) is 45.9 Å². The summed E-state index contributed by atoms with van der Waals surface area (Å²) in [6, 6.07) is 0.635. The highest BCUT2D eigenvalue weighted by Gasteiger charge is 2.16. The van der Waals surface area contributed by atoms with E-state index in [1.165, 1.54) is 12.8 Å². The summed E-state index contributed by atoms with van der Waals surface area (Å²) in [5.41, 5.74) is 0. The molecular weight excluding hydrogens is 200 g/mol. The highest BCUT2D eigenvalue weighted by Crippen LogP contribution is 2.09. The lowest BCUT2D eigenvalue weighted by Gasteiger charge is -2.31. The van der Waals surface area contributed by atoms with Crippen molar-refractivity contribution >= 4 is 11.1 Å². The Labute approximate surface area is 88.3 Å². The van der Waals surface area contributed by atoms with Crippen molar-refractivity contribution in [3.63, 3.8) is 0 Å². The third kappa shape index (κ3) is 4.50. The number of piperidine rings is 1. The van der Waals surface area contributed by atoms with Crippen molar-refractivity contribution in [3.8, 4) is 0 Å². The fraction of sp³-hybridized carbons (Fsp3) is 1.00. The first-order valence-electron chi connectivity index (χ1n) is 5.17. The zero-order valence-corrected chi connectivity index (χ0v) is 9.52. The van der Waals surface area contributed by atoms with Crippen LogP contribution in [0.25, 0.3) is 0 Å². The number of nitrogens with zero attached hydrogens (tertiary/aromatic N) is 1. The lowest BCUT2D eigenvalue weighted by atomic mass is 10.1. The molecule has 1 N–H and O–H groups in total. The van der Waals surface area contributed by atoms with E-state index in [-0.39, 0.29) is 5.75 Å². The van der Waals surface area contributed by atoms with Crippen LogP contribution in [0.15, 0.2) is 0 Å². The van der Waals surface area contributed by atoms with Crippen LogP contribution in [0.3, 0.4) is 0 Å². The Kier molecular flexibility index (Phi) is 5.62. The van der Waals surface area contributed by atoms with Crippen molar-refractivity contribution in [3.05, 3.63) is 0 Å². The van der Waals surface area contributed by atoms with Gasteiger partial charge in [-0.15, -0.1) is 0 Å². The quantitative estimate of drug-likeness (QED) is 0.658. The van der Waals surface area contributed by atoms with Crippen LogP contribution in [0.4, 0.5) is 0 Å². The van der Waals surface area contributed by atoms with Crippen LogP contribution in [0, 0.1) is 0 Å². The molecule has 1 aliphatic rings. The lowest BCUT2D eigenvalue weighted by molar-refractivity contribution is 0.199. The van der Waals surface area contributed by atoms with Gasteiger partial charge in [0.1, 0.15) is 0 Å². The van der Waals surface area contributed by atoms with Gasteiger partial charge in [0.25, 0.3) is 0 Å². The van der Waals surface area contributed by atoms with Gasteiger partial charge in [-0.1, -0.05) is 11.1 Å². The standard InChI is InChI=1S/C9H20N2O2S/c1-11(7-2-8-14(12)13)9-3-5-10-6-4-9/h9-10H,2-8H2,1H3,(H,12,13)/p-1. The van der Waals surface area contributed by atoms with Gasteiger partial charge in [-0.2, -0.15) is 0 Å². The molecule has 0 amide bonds. The zero-order chi connectivity index (χ0) is 10.4. The molecule has 1 unspecified atom stereocenters. The molecule has 0 bridgehead atoms. The largest absolute Gasteiger partial charge is 0.772 e. The molecular formula is C9H19N2O2S-. The summed E-state index contributed by atoms with van der Waals surface area (Å²) in [5, 5.41) is 3.32. The number of nitrogens with one attached hydrogen (secondary N) is 1. The Bertz CT molecular complexity index is 184. The topological polar surface area (TPSA) is 55.4 Å². The first kappa shape index (κ1) is 12.1. The van der Waals surface area contributed by atoms with Gasteiger partial charge >= 0.3 is 0 Å². The minimum atomic E-state index is -1.88. The Balaban J connectivity index is 2.13. The second-order valence-corrected chi connectivity index (χ2v) is 4.84. The smallest absolute Gasteiger partial charge is 0.0116 e. The first-order chi connectivity index (χ1) is 6.70. The van der Waals surface area contributed by atoms with Gasteiger partial charge in [-0.25, -0.2) is 0 Å². The predicted octanol–water partition coefficient (Wildman–Crippen LogP) is -0.0606. The van der Waals surface area contributed by atoms with Crippen LogP contribution in [-0.4, -0.2) is 52.1 Å². The summed E-state index contributed by atoms with van der Waals surface area (Å²) in [7, 11) is 2.09. The van der Waals surface area contributed by atoms with Crippen LogP contribution in [0.2, 0.25) is 0 Å². The van der Waals surface area contributed by atoms with Crippen LogP contribution in [-0.2, 0) is 11.1 Å². The van der Waals surface area contributed by atoms with E-state index in [0.29, 0.717) is 6.04 Å². The third-order valence-electron chi connectivity index (χ3n) is 2.75. The summed E-state index contributed by atoms with van der Waals surface area (Å²) in [4.78, 5) is 2.29. The Hall–Kier alpha value is 0.0300. The molecule has 0 aromatic rings. The van der Waals surface area contributed by atoms with Crippen molar-refractivity contribution < 1.29 is 8.76 Å². The molecule has 1 rings (SSSR count). The average molecular weight is 219 g/mol. The van der Waals surface area contributed by atoms with E-state index in [0.717, 1.165) is 26.1 Å². The molecule has 14 heavy (non-hydrogen) atoms. The molecule has 0 saturated carbocycles. The fourth-order valence-electron chi connectivity index (χ4n) is 1.86. The van der Waals surface area contributed by atoms with E-state index >= 15 is 0 Å². The van der Waals surface area contributed by atoms with E-state index in [9.17, 15) is 8.76 Å². The average Bonchev–Trinajstić information content (AvgIpc) is 2.18. The summed E-state index contributed by atoms with van der Waals surface area (Å²) in [6.07, 6.45) is 3.10. The number of hydrogen-bond acceptors (Lipinski definition) is 4. The normalized spacial score (nSPS) is 21.4. The molecule has 1 fully saturated rings. The van der Waals surface area contributed by atoms with Crippen molar-refractivity contribution in [1.82, 2.24) is 10.2 Å². The monoisotopic (exact) mass is 219 g/mol. The fourth-order valence-corrected chi connectivity index (χ4v) is 2.23. The van der Waals surface area contributed by atoms with Gasteiger partial charge in [0.05, 0.1) is 0 Å². The van der Waals surface area contributed by atoms with Crippen molar-refractivity contribution in [1.29, 1.82) is 0 Å². The molecule has 1 atom stereocenters. The SMILES string of the molecule is CN(CCCS(=O)[O-])C1CCNCC1. The third-order valence-corrected chi connectivity index (χ3v) is 3.38. The van der Waals surface area contributed by atoms with Gasteiger partial charge in [-0.3, -0.25) is 4.21 Å². The molecule has 0 aliphatic carbocycles. The van der Waals surface area contributed by atoms with Crippen molar-refractivity contribution in [2.75, 3.05) is 32.4 Å². The minimum absolute atomic E-state index is 0.287. The maximum atomic E-state index is 10.3. The first-order valence-corrected chi connectivity index (χ1v) is 6.41. The lowest BCUT2D eigenvalue weighted by Crippen LogP contribution is -2.41. The Morgan fingerprint density at radius 1 is 1.50 bits per heavy atom. The molecule has 0 aromatic carbocycles. The number of rotatable bonds is 5. The van der Waals surface area contributed by atoms with Crippen LogP contribution in [0.5, 0.6) is 0 Å². The predicted molar refractivity (Wildman–Crippen MR) is 56.9 cm³/mol. The molecule has 1 aliphatic heterocycles.